The van der Waals surface area contributed by atoms with Crippen molar-refractivity contribution >= 4 is 27.5 Å². The van der Waals surface area contributed by atoms with Crippen molar-refractivity contribution < 1.29 is 4.74 Å². The van der Waals surface area contributed by atoms with E-state index in [2.05, 4.69) is 20.9 Å². The Morgan fingerprint density at radius 3 is 2.83 bits per heavy atom. The number of halogens is 2. The molecule has 0 fully saturated rings. The second kappa shape index (κ2) is 6.18. The molecule has 5 heteroatoms. The molecular weight excluding hydrogens is 316 g/mol. The maximum Gasteiger partial charge on any atom is 0.124 e. The molecule has 18 heavy (non-hydrogen) atoms. The van der Waals surface area contributed by atoms with Crippen molar-refractivity contribution in [3.63, 3.8) is 0 Å². The molecule has 1 heterocycles. The topological polar surface area (TPSA) is 48.1 Å². The number of aromatic nitrogens is 1. The molecular formula is C13H12BrClN2O. The van der Waals surface area contributed by atoms with Gasteiger partial charge in [0.15, 0.2) is 0 Å². The van der Waals surface area contributed by atoms with Gasteiger partial charge in [0, 0.05) is 34.5 Å². The molecule has 0 aliphatic heterocycles. The predicted octanol–water partition coefficient (Wildman–Crippen LogP) is 3.54. The summed E-state index contributed by atoms with van der Waals surface area (Å²) >= 11 is 9.42. The Bertz CT molecular complexity index is 548. The lowest BCUT2D eigenvalue weighted by Crippen LogP contribution is -2.03. The van der Waals surface area contributed by atoms with Crippen molar-refractivity contribution in [2.75, 3.05) is 0 Å². The summed E-state index contributed by atoms with van der Waals surface area (Å²) in [5.41, 5.74) is 7.54. The van der Waals surface area contributed by atoms with E-state index in [9.17, 15) is 0 Å². The SMILES string of the molecule is NCc1cc(Br)ccc1OCc1ccncc1Cl. The van der Waals surface area contributed by atoms with Gasteiger partial charge in [-0.1, -0.05) is 27.5 Å². The van der Waals surface area contributed by atoms with E-state index in [-0.39, 0.29) is 0 Å². The minimum atomic E-state index is 0.399. The van der Waals surface area contributed by atoms with Gasteiger partial charge in [-0.25, -0.2) is 0 Å². The van der Waals surface area contributed by atoms with Gasteiger partial charge in [-0.2, -0.15) is 0 Å². The molecule has 0 amide bonds. The van der Waals surface area contributed by atoms with Crippen molar-refractivity contribution in [2.24, 2.45) is 5.73 Å². The summed E-state index contributed by atoms with van der Waals surface area (Å²) in [6.45, 7) is 0.828. The Labute approximate surface area is 119 Å². The standard InChI is InChI=1S/C13H12BrClN2O/c14-11-1-2-13(10(5-11)6-16)18-8-9-3-4-17-7-12(9)15/h1-5,7H,6,8,16H2. The van der Waals surface area contributed by atoms with Crippen molar-refractivity contribution in [3.05, 3.63) is 57.3 Å². The third kappa shape index (κ3) is 3.22. The van der Waals surface area contributed by atoms with Gasteiger partial charge in [0.2, 0.25) is 0 Å². The summed E-state index contributed by atoms with van der Waals surface area (Å²) in [6.07, 6.45) is 3.29. The number of hydrogen-bond acceptors (Lipinski definition) is 3. The second-order valence-corrected chi connectivity index (χ2v) is 5.03. The fourth-order valence-electron chi connectivity index (χ4n) is 1.52. The van der Waals surface area contributed by atoms with Gasteiger partial charge in [0.25, 0.3) is 0 Å². The Morgan fingerprint density at radius 2 is 2.11 bits per heavy atom. The maximum atomic E-state index is 6.01. The number of benzene rings is 1. The van der Waals surface area contributed by atoms with Crippen LogP contribution in [0, 0.1) is 0 Å². The predicted molar refractivity (Wildman–Crippen MR) is 75.6 cm³/mol. The second-order valence-electron chi connectivity index (χ2n) is 3.71. The highest BCUT2D eigenvalue weighted by atomic mass is 79.9. The zero-order valence-corrected chi connectivity index (χ0v) is 11.9. The highest BCUT2D eigenvalue weighted by Gasteiger charge is 2.05. The zero-order chi connectivity index (χ0) is 13.0. The summed E-state index contributed by atoms with van der Waals surface area (Å²) < 4.78 is 6.72. The average molecular weight is 328 g/mol. The van der Waals surface area contributed by atoms with E-state index < -0.39 is 0 Å². The Morgan fingerprint density at radius 1 is 1.28 bits per heavy atom. The molecule has 0 unspecified atom stereocenters. The largest absolute Gasteiger partial charge is 0.489 e. The molecule has 3 nitrogen and oxygen atoms in total. The van der Waals surface area contributed by atoms with Crippen molar-refractivity contribution in [3.8, 4) is 5.75 Å². The summed E-state index contributed by atoms with van der Waals surface area (Å²) in [5, 5.41) is 0.601. The zero-order valence-electron chi connectivity index (χ0n) is 9.57. The van der Waals surface area contributed by atoms with Gasteiger partial charge in [-0.05, 0) is 24.3 Å². The Balaban J connectivity index is 2.13. The quantitative estimate of drug-likeness (QED) is 0.934. The van der Waals surface area contributed by atoms with E-state index >= 15 is 0 Å². The van der Waals surface area contributed by atoms with E-state index in [1.807, 2.05) is 24.3 Å². The van der Waals surface area contributed by atoms with Crippen LogP contribution in [0.3, 0.4) is 0 Å². The lowest BCUT2D eigenvalue weighted by atomic mass is 10.2. The molecule has 0 spiro atoms. The molecule has 0 aliphatic carbocycles. The molecule has 94 valence electrons. The lowest BCUT2D eigenvalue weighted by Gasteiger charge is -2.11. The van der Waals surface area contributed by atoms with Crippen molar-refractivity contribution in [2.45, 2.75) is 13.2 Å². The van der Waals surface area contributed by atoms with Gasteiger partial charge in [0.05, 0.1) is 5.02 Å². The summed E-state index contributed by atoms with van der Waals surface area (Å²) in [5.74, 6) is 0.772. The van der Waals surface area contributed by atoms with Gasteiger partial charge in [-0.15, -0.1) is 0 Å². The first kappa shape index (κ1) is 13.3. The fourth-order valence-corrected chi connectivity index (χ4v) is 2.11. The number of pyridine rings is 1. The summed E-state index contributed by atoms with van der Waals surface area (Å²) in [7, 11) is 0. The van der Waals surface area contributed by atoms with Crippen LogP contribution in [0.15, 0.2) is 41.1 Å². The van der Waals surface area contributed by atoms with Crippen LogP contribution in [0.4, 0.5) is 0 Å². The molecule has 2 N–H and O–H groups in total. The highest BCUT2D eigenvalue weighted by Crippen LogP contribution is 2.24. The van der Waals surface area contributed by atoms with Gasteiger partial charge >= 0.3 is 0 Å². The van der Waals surface area contributed by atoms with Crippen LogP contribution in [-0.2, 0) is 13.2 Å². The third-order valence-corrected chi connectivity index (χ3v) is 3.32. The number of nitrogens with two attached hydrogens (primary N) is 1. The molecule has 2 aromatic rings. The molecule has 1 aromatic carbocycles. The molecule has 0 atom stereocenters. The number of hydrogen-bond donors (Lipinski definition) is 1. The number of rotatable bonds is 4. The van der Waals surface area contributed by atoms with Crippen LogP contribution in [0.2, 0.25) is 5.02 Å². The lowest BCUT2D eigenvalue weighted by molar-refractivity contribution is 0.303. The van der Waals surface area contributed by atoms with E-state index in [1.54, 1.807) is 12.4 Å². The van der Waals surface area contributed by atoms with Gasteiger partial charge in [0.1, 0.15) is 12.4 Å². The van der Waals surface area contributed by atoms with E-state index in [4.69, 9.17) is 22.1 Å². The fraction of sp³-hybridized carbons (Fsp3) is 0.154. The normalized spacial score (nSPS) is 10.4. The molecule has 0 saturated carbocycles. The first-order valence-electron chi connectivity index (χ1n) is 5.40. The van der Waals surface area contributed by atoms with Crippen molar-refractivity contribution in [1.82, 2.24) is 4.98 Å². The van der Waals surface area contributed by atoms with Crippen LogP contribution < -0.4 is 10.5 Å². The molecule has 1 aromatic heterocycles. The summed E-state index contributed by atoms with van der Waals surface area (Å²) in [6, 6.07) is 7.59. The highest BCUT2D eigenvalue weighted by molar-refractivity contribution is 9.10. The van der Waals surface area contributed by atoms with Crippen LogP contribution in [-0.4, -0.2) is 4.98 Å². The smallest absolute Gasteiger partial charge is 0.124 e. The van der Waals surface area contributed by atoms with Crippen LogP contribution in [0.1, 0.15) is 11.1 Å². The maximum absolute atomic E-state index is 6.01. The third-order valence-electron chi connectivity index (χ3n) is 2.48. The molecule has 0 saturated heterocycles. The molecule has 0 aliphatic rings. The van der Waals surface area contributed by atoms with E-state index in [1.165, 1.54) is 0 Å². The first-order valence-corrected chi connectivity index (χ1v) is 6.57. The van der Waals surface area contributed by atoms with E-state index in [0.717, 1.165) is 21.3 Å². The van der Waals surface area contributed by atoms with Crippen LogP contribution in [0.25, 0.3) is 0 Å². The summed E-state index contributed by atoms with van der Waals surface area (Å²) in [4.78, 5) is 3.93. The Hall–Kier alpha value is -1.10. The van der Waals surface area contributed by atoms with Crippen molar-refractivity contribution in [1.29, 1.82) is 0 Å². The van der Waals surface area contributed by atoms with Gasteiger partial charge < -0.3 is 10.5 Å². The molecule has 2 rings (SSSR count). The van der Waals surface area contributed by atoms with Gasteiger partial charge in [-0.3, -0.25) is 4.98 Å². The monoisotopic (exact) mass is 326 g/mol. The van der Waals surface area contributed by atoms with Crippen LogP contribution >= 0.6 is 27.5 Å². The Kier molecular flexibility index (Phi) is 4.58. The minimum Gasteiger partial charge on any atom is -0.489 e. The first-order chi connectivity index (χ1) is 8.70. The molecule has 0 bridgehead atoms. The van der Waals surface area contributed by atoms with E-state index in [0.29, 0.717) is 18.2 Å². The molecule has 0 radical (unpaired) electrons. The number of ether oxygens (including phenoxy) is 1. The average Bonchev–Trinajstić information content (AvgIpc) is 2.39. The number of nitrogens with zero attached hydrogens (tertiary/aromatic N) is 1. The van der Waals surface area contributed by atoms with Crippen LogP contribution in [0.5, 0.6) is 5.75 Å². The minimum absolute atomic E-state index is 0.399.